The van der Waals surface area contributed by atoms with Gasteiger partial charge < -0.3 is 16.2 Å². The highest BCUT2D eigenvalue weighted by molar-refractivity contribution is 6.31. The van der Waals surface area contributed by atoms with Gasteiger partial charge in [0.2, 0.25) is 5.91 Å². The average Bonchev–Trinajstić information content (AvgIpc) is 2.28. The summed E-state index contributed by atoms with van der Waals surface area (Å²) in [5, 5.41) is 11.9. The Morgan fingerprint density at radius 1 is 1.44 bits per heavy atom. The van der Waals surface area contributed by atoms with Crippen molar-refractivity contribution in [3.05, 3.63) is 28.8 Å². The van der Waals surface area contributed by atoms with Crippen LogP contribution < -0.4 is 11.1 Å². The first-order valence-corrected chi connectivity index (χ1v) is 5.70. The number of aromatic carboxylic acids is 1. The van der Waals surface area contributed by atoms with Crippen LogP contribution in [0.15, 0.2) is 18.2 Å². The third-order valence-corrected chi connectivity index (χ3v) is 2.82. The number of carboxylic acids is 1. The molecule has 0 unspecified atom stereocenters. The zero-order chi connectivity index (χ0) is 13.9. The van der Waals surface area contributed by atoms with Crippen molar-refractivity contribution in [1.29, 1.82) is 0 Å². The van der Waals surface area contributed by atoms with Gasteiger partial charge in [0.25, 0.3) is 0 Å². The molecule has 1 amide bonds. The van der Waals surface area contributed by atoms with Crippen LogP contribution in [-0.4, -0.2) is 23.5 Å². The molecule has 0 saturated carbocycles. The van der Waals surface area contributed by atoms with E-state index < -0.39 is 11.4 Å². The number of hydrogen-bond acceptors (Lipinski definition) is 3. The first kappa shape index (κ1) is 14.5. The summed E-state index contributed by atoms with van der Waals surface area (Å²) >= 11 is 5.78. The van der Waals surface area contributed by atoms with Gasteiger partial charge in [0.05, 0.1) is 16.7 Å². The summed E-state index contributed by atoms with van der Waals surface area (Å²) in [6.45, 7) is 3.50. The molecule has 0 aliphatic carbocycles. The lowest BCUT2D eigenvalue weighted by Gasteiger charge is -2.21. The van der Waals surface area contributed by atoms with Crippen molar-refractivity contribution in [2.45, 2.75) is 13.8 Å². The largest absolute Gasteiger partial charge is 0.478 e. The average molecular weight is 271 g/mol. The molecule has 0 fully saturated rings. The Kier molecular flexibility index (Phi) is 4.32. The molecule has 98 valence electrons. The van der Waals surface area contributed by atoms with Crippen LogP contribution in [0, 0.1) is 5.41 Å². The highest BCUT2D eigenvalue weighted by atomic mass is 35.5. The van der Waals surface area contributed by atoms with Gasteiger partial charge in [0, 0.05) is 11.6 Å². The molecule has 18 heavy (non-hydrogen) atoms. The molecule has 5 nitrogen and oxygen atoms in total. The summed E-state index contributed by atoms with van der Waals surface area (Å²) in [6.07, 6.45) is 0. The third-order valence-electron chi connectivity index (χ3n) is 2.59. The summed E-state index contributed by atoms with van der Waals surface area (Å²) in [5.74, 6) is -1.48. The van der Waals surface area contributed by atoms with Crippen LogP contribution in [0.3, 0.4) is 0 Å². The van der Waals surface area contributed by atoms with E-state index >= 15 is 0 Å². The number of carbonyl (C=O) groups is 2. The standard InChI is InChI=1S/C12H15ClN2O3/c1-12(2,6-14)11(18)15-9-5-7(13)3-4-8(9)10(16)17/h3-5H,6,14H2,1-2H3,(H,15,18)(H,16,17). The summed E-state index contributed by atoms with van der Waals surface area (Å²) in [6, 6.07) is 4.19. The maximum atomic E-state index is 11.9. The van der Waals surface area contributed by atoms with E-state index in [0.29, 0.717) is 5.02 Å². The Balaban J connectivity index is 3.07. The number of nitrogens with one attached hydrogen (secondary N) is 1. The predicted molar refractivity (Wildman–Crippen MR) is 69.9 cm³/mol. The maximum absolute atomic E-state index is 11.9. The van der Waals surface area contributed by atoms with Gasteiger partial charge in [-0.15, -0.1) is 0 Å². The lowest BCUT2D eigenvalue weighted by atomic mass is 9.92. The molecule has 4 N–H and O–H groups in total. The Bertz CT molecular complexity index is 486. The number of benzene rings is 1. The van der Waals surface area contributed by atoms with Crippen molar-refractivity contribution < 1.29 is 14.7 Å². The fraction of sp³-hybridized carbons (Fsp3) is 0.333. The van der Waals surface area contributed by atoms with E-state index in [4.69, 9.17) is 22.4 Å². The second-order valence-corrected chi connectivity index (χ2v) is 4.97. The number of nitrogens with two attached hydrogens (primary N) is 1. The van der Waals surface area contributed by atoms with Gasteiger partial charge in [-0.2, -0.15) is 0 Å². The van der Waals surface area contributed by atoms with Crippen molar-refractivity contribution in [2.75, 3.05) is 11.9 Å². The Labute approximate surface area is 110 Å². The van der Waals surface area contributed by atoms with Crippen LogP contribution in [0.2, 0.25) is 5.02 Å². The first-order valence-electron chi connectivity index (χ1n) is 5.32. The van der Waals surface area contributed by atoms with Crippen LogP contribution in [0.25, 0.3) is 0 Å². The number of carbonyl (C=O) groups excluding carboxylic acids is 1. The van der Waals surface area contributed by atoms with Crippen LogP contribution in [0.4, 0.5) is 5.69 Å². The molecular formula is C12H15ClN2O3. The monoisotopic (exact) mass is 270 g/mol. The number of halogens is 1. The molecule has 0 saturated heterocycles. The molecule has 0 aromatic heterocycles. The van der Waals surface area contributed by atoms with Crippen LogP contribution in [0.5, 0.6) is 0 Å². The topological polar surface area (TPSA) is 92.4 Å². The Morgan fingerprint density at radius 2 is 2.06 bits per heavy atom. The molecule has 0 aliphatic heterocycles. The van der Waals surface area contributed by atoms with E-state index in [1.807, 2.05) is 0 Å². The minimum Gasteiger partial charge on any atom is -0.478 e. The van der Waals surface area contributed by atoms with E-state index in [9.17, 15) is 9.59 Å². The van der Waals surface area contributed by atoms with E-state index in [2.05, 4.69) is 5.32 Å². The van der Waals surface area contributed by atoms with Crippen molar-refractivity contribution in [1.82, 2.24) is 0 Å². The fourth-order valence-corrected chi connectivity index (χ4v) is 1.36. The highest BCUT2D eigenvalue weighted by Gasteiger charge is 2.27. The molecule has 0 spiro atoms. The van der Waals surface area contributed by atoms with E-state index in [1.54, 1.807) is 13.8 Å². The van der Waals surface area contributed by atoms with Crippen LogP contribution >= 0.6 is 11.6 Å². The third kappa shape index (κ3) is 3.21. The molecule has 0 heterocycles. The second-order valence-electron chi connectivity index (χ2n) is 4.54. The Hall–Kier alpha value is -1.59. The summed E-state index contributed by atoms with van der Waals surface area (Å²) in [4.78, 5) is 22.9. The molecule has 0 aliphatic rings. The number of rotatable bonds is 4. The quantitative estimate of drug-likeness (QED) is 0.780. The molecule has 1 rings (SSSR count). The first-order chi connectivity index (χ1) is 8.27. The number of hydrogen-bond donors (Lipinski definition) is 3. The van der Waals surface area contributed by atoms with Crippen molar-refractivity contribution in [3.63, 3.8) is 0 Å². The second kappa shape index (κ2) is 5.37. The van der Waals surface area contributed by atoms with Gasteiger partial charge in [0.15, 0.2) is 0 Å². The van der Waals surface area contributed by atoms with E-state index in [1.165, 1.54) is 18.2 Å². The number of anilines is 1. The Morgan fingerprint density at radius 3 is 2.56 bits per heavy atom. The number of amides is 1. The highest BCUT2D eigenvalue weighted by Crippen LogP contribution is 2.23. The van der Waals surface area contributed by atoms with Gasteiger partial charge >= 0.3 is 5.97 Å². The molecule has 0 atom stereocenters. The SMILES string of the molecule is CC(C)(CN)C(=O)Nc1cc(Cl)ccc1C(=O)O. The zero-order valence-electron chi connectivity index (χ0n) is 10.2. The van der Waals surface area contributed by atoms with Gasteiger partial charge in [-0.3, -0.25) is 4.79 Å². The molecular weight excluding hydrogens is 256 g/mol. The number of carboxylic acid groups (broad SMARTS) is 1. The summed E-state index contributed by atoms with van der Waals surface area (Å²) in [5.41, 5.74) is 4.86. The van der Waals surface area contributed by atoms with Gasteiger partial charge in [-0.25, -0.2) is 4.79 Å². The van der Waals surface area contributed by atoms with Gasteiger partial charge in [-0.05, 0) is 32.0 Å². The molecule has 1 aromatic carbocycles. The van der Waals surface area contributed by atoms with E-state index in [0.717, 1.165) is 0 Å². The van der Waals surface area contributed by atoms with Crippen LogP contribution in [0.1, 0.15) is 24.2 Å². The van der Waals surface area contributed by atoms with E-state index in [-0.39, 0.29) is 23.7 Å². The normalized spacial score (nSPS) is 11.1. The van der Waals surface area contributed by atoms with Gasteiger partial charge in [0.1, 0.15) is 0 Å². The molecule has 0 radical (unpaired) electrons. The summed E-state index contributed by atoms with van der Waals surface area (Å²) in [7, 11) is 0. The van der Waals surface area contributed by atoms with Crippen molar-refractivity contribution >= 4 is 29.2 Å². The summed E-state index contributed by atoms with van der Waals surface area (Å²) < 4.78 is 0. The van der Waals surface area contributed by atoms with Gasteiger partial charge in [-0.1, -0.05) is 11.6 Å². The van der Waals surface area contributed by atoms with Crippen LogP contribution in [-0.2, 0) is 4.79 Å². The molecule has 0 bridgehead atoms. The van der Waals surface area contributed by atoms with Crippen molar-refractivity contribution in [3.8, 4) is 0 Å². The lowest BCUT2D eigenvalue weighted by molar-refractivity contribution is -0.123. The molecule has 1 aromatic rings. The lowest BCUT2D eigenvalue weighted by Crippen LogP contribution is -2.37. The predicted octanol–water partition coefficient (Wildman–Crippen LogP) is 1.96. The maximum Gasteiger partial charge on any atom is 0.337 e. The minimum absolute atomic E-state index is 0.0134. The minimum atomic E-state index is -1.13. The smallest absolute Gasteiger partial charge is 0.337 e. The molecule has 6 heteroatoms. The zero-order valence-corrected chi connectivity index (χ0v) is 10.9. The fourth-order valence-electron chi connectivity index (χ4n) is 1.19. The van der Waals surface area contributed by atoms with Crippen molar-refractivity contribution in [2.24, 2.45) is 11.1 Å².